The number of allylic oxidation sites excluding steroid dienone is 2. The number of carbonyl (C=O) groups is 1. The summed E-state index contributed by atoms with van der Waals surface area (Å²) in [7, 11) is 0. The molecule has 0 heterocycles. The van der Waals surface area contributed by atoms with Crippen molar-refractivity contribution in [2.24, 2.45) is 23.2 Å². The van der Waals surface area contributed by atoms with Crippen LogP contribution in [-0.4, -0.2) is 5.91 Å². The molecule has 2 rings (SSSR count). The molecule has 0 aromatic carbocycles. The van der Waals surface area contributed by atoms with E-state index in [0.29, 0.717) is 17.3 Å². The third kappa shape index (κ3) is 1.37. The number of hydrogen-bond acceptors (Lipinski definition) is 1. The van der Waals surface area contributed by atoms with Crippen molar-refractivity contribution in [1.29, 1.82) is 0 Å². The number of nitrogens with one attached hydrogen (secondary N) is 1. The first-order chi connectivity index (χ1) is 6.43. The fourth-order valence-electron chi connectivity index (χ4n) is 3.00. The highest BCUT2D eigenvalue weighted by atomic mass is 16.1. The fourth-order valence-corrected chi connectivity index (χ4v) is 3.00. The lowest BCUT2D eigenvalue weighted by Crippen LogP contribution is -2.24. The number of fused-ring (bicyclic) bond motifs is 1. The normalized spacial score (nSPS) is 38.3. The van der Waals surface area contributed by atoms with Crippen LogP contribution in [0.4, 0.5) is 0 Å². The fraction of sp³-hybridized carbons (Fsp3) is 0.750. The van der Waals surface area contributed by atoms with Crippen molar-refractivity contribution in [2.75, 3.05) is 0 Å². The molecule has 0 aromatic rings. The molecule has 2 nitrogen and oxygen atoms in total. The van der Waals surface area contributed by atoms with E-state index in [2.05, 4.69) is 32.2 Å². The largest absolute Gasteiger partial charge is 0.330 e. The van der Waals surface area contributed by atoms with E-state index < -0.39 is 0 Å². The average Bonchev–Trinajstić information content (AvgIpc) is 2.51. The molecule has 3 atom stereocenters. The van der Waals surface area contributed by atoms with E-state index >= 15 is 0 Å². The summed E-state index contributed by atoms with van der Waals surface area (Å²) in [6.07, 6.45) is 3.51. The minimum Gasteiger partial charge on any atom is -0.330 e. The van der Waals surface area contributed by atoms with Crippen molar-refractivity contribution in [3.8, 4) is 0 Å². The van der Waals surface area contributed by atoms with Gasteiger partial charge in [-0.25, -0.2) is 0 Å². The zero-order valence-electron chi connectivity index (χ0n) is 9.42. The van der Waals surface area contributed by atoms with Crippen LogP contribution in [0.15, 0.2) is 11.8 Å². The van der Waals surface area contributed by atoms with Crippen LogP contribution in [0.2, 0.25) is 0 Å². The summed E-state index contributed by atoms with van der Waals surface area (Å²) in [5.74, 6) is 2.05. The van der Waals surface area contributed by atoms with Crippen LogP contribution in [-0.2, 0) is 4.79 Å². The summed E-state index contributed by atoms with van der Waals surface area (Å²) in [4.78, 5) is 11.0. The molecule has 2 aliphatic carbocycles. The monoisotopic (exact) mass is 193 g/mol. The molecule has 0 aromatic heterocycles. The van der Waals surface area contributed by atoms with E-state index in [9.17, 15) is 4.79 Å². The highest BCUT2D eigenvalue weighted by Gasteiger charge is 2.60. The van der Waals surface area contributed by atoms with Gasteiger partial charge in [0.25, 0.3) is 0 Å². The number of rotatable bonds is 1. The van der Waals surface area contributed by atoms with Crippen molar-refractivity contribution < 1.29 is 4.79 Å². The zero-order chi connectivity index (χ0) is 10.5. The van der Waals surface area contributed by atoms with Gasteiger partial charge < -0.3 is 5.32 Å². The third-order valence-electron chi connectivity index (χ3n) is 3.80. The summed E-state index contributed by atoms with van der Waals surface area (Å²) in [5, 5.41) is 2.98. The summed E-state index contributed by atoms with van der Waals surface area (Å²) in [6, 6.07) is 0. The molecule has 14 heavy (non-hydrogen) atoms. The Balaban J connectivity index is 2.18. The standard InChI is InChI=1S/C12H19NO/c1-7-5-9-11(12(9,3)4)10(6-7)13-8(2)14/h6-7,9,11H,5H2,1-4H3,(H,13,14)/t7-,9+,11+/m1/s1. The number of hydrogen-bond donors (Lipinski definition) is 1. The Morgan fingerprint density at radius 1 is 1.57 bits per heavy atom. The maximum Gasteiger partial charge on any atom is 0.220 e. The molecule has 0 spiro atoms. The third-order valence-corrected chi connectivity index (χ3v) is 3.80. The van der Waals surface area contributed by atoms with Gasteiger partial charge in [0.15, 0.2) is 0 Å². The summed E-state index contributed by atoms with van der Waals surface area (Å²) >= 11 is 0. The second-order valence-electron chi connectivity index (χ2n) is 5.42. The van der Waals surface area contributed by atoms with Gasteiger partial charge in [-0.3, -0.25) is 4.79 Å². The van der Waals surface area contributed by atoms with Crippen molar-refractivity contribution in [1.82, 2.24) is 5.32 Å². The van der Waals surface area contributed by atoms with Gasteiger partial charge in [0.1, 0.15) is 0 Å². The van der Waals surface area contributed by atoms with Crippen LogP contribution in [0.1, 0.15) is 34.1 Å². The predicted molar refractivity (Wildman–Crippen MR) is 56.4 cm³/mol. The molecule has 0 radical (unpaired) electrons. The van der Waals surface area contributed by atoms with Gasteiger partial charge >= 0.3 is 0 Å². The zero-order valence-corrected chi connectivity index (χ0v) is 9.42. The minimum absolute atomic E-state index is 0.0619. The minimum atomic E-state index is 0.0619. The van der Waals surface area contributed by atoms with E-state index in [1.165, 1.54) is 12.1 Å². The molecule has 1 fully saturated rings. The predicted octanol–water partition coefficient (Wildman–Crippen LogP) is 2.32. The van der Waals surface area contributed by atoms with Crippen molar-refractivity contribution in [3.05, 3.63) is 11.8 Å². The van der Waals surface area contributed by atoms with Crippen molar-refractivity contribution >= 4 is 5.91 Å². The maximum atomic E-state index is 11.0. The Morgan fingerprint density at radius 2 is 2.21 bits per heavy atom. The topological polar surface area (TPSA) is 29.1 Å². The summed E-state index contributed by atoms with van der Waals surface area (Å²) in [6.45, 7) is 8.42. The van der Waals surface area contributed by atoms with E-state index in [0.717, 1.165) is 5.92 Å². The van der Waals surface area contributed by atoms with Crippen LogP contribution >= 0.6 is 0 Å². The van der Waals surface area contributed by atoms with Crippen LogP contribution in [0.25, 0.3) is 0 Å². The molecule has 1 saturated carbocycles. The number of carbonyl (C=O) groups excluding carboxylic acids is 1. The maximum absolute atomic E-state index is 11.0. The Labute approximate surface area is 85.8 Å². The quantitative estimate of drug-likeness (QED) is 0.680. The molecule has 0 saturated heterocycles. The Morgan fingerprint density at radius 3 is 2.79 bits per heavy atom. The summed E-state index contributed by atoms with van der Waals surface area (Å²) < 4.78 is 0. The molecule has 2 heteroatoms. The van der Waals surface area contributed by atoms with Gasteiger partial charge in [-0.05, 0) is 23.7 Å². The van der Waals surface area contributed by atoms with Crippen molar-refractivity contribution in [3.63, 3.8) is 0 Å². The SMILES string of the molecule is CC(=O)NC1=C[C@H](C)C[C@H]2[C@@H]1C2(C)C. The van der Waals surface area contributed by atoms with Crippen LogP contribution in [0.5, 0.6) is 0 Å². The molecule has 1 amide bonds. The van der Waals surface area contributed by atoms with Gasteiger partial charge in [-0.15, -0.1) is 0 Å². The second-order valence-corrected chi connectivity index (χ2v) is 5.42. The molecule has 0 unspecified atom stereocenters. The van der Waals surface area contributed by atoms with Gasteiger partial charge in [0.2, 0.25) is 5.91 Å². The average molecular weight is 193 g/mol. The lowest BCUT2D eigenvalue weighted by Gasteiger charge is -2.16. The van der Waals surface area contributed by atoms with Crippen LogP contribution in [0.3, 0.4) is 0 Å². The molecule has 0 bridgehead atoms. The van der Waals surface area contributed by atoms with Gasteiger partial charge in [-0.2, -0.15) is 0 Å². The first-order valence-electron chi connectivity index (χ1n) is 5.42. The first kappa shape index (κ1) is 9.75. The molecular formula is C12H19NO. The van der Waals surface area contributed by atoms with E-state index in [-0.39, 0.29) is 5.91 Å². The second kappa shape index (κ2) is 2.85. The molecule has 0 aliphatic heterocycles. The Kier molecular flexibility index (Phi) is 1.98. The van der Waals surface area contributed by atoms with E-state index in [1.807, 2.05) is 0 Å². The first-order valence-corrected chi connectivity index (χ1v) is 5.42. The van der Waals surface area contributed by atoms with Crippen molar-refractivity contribution in [2.45, 2.75) is 34.1 Å². The molecule has 78 valence electrons. The van der Waals surface area contributed by atoms with Crippen LogP contribution in [0, 0.1) is 23.2 Å². The van der Waals surface area contributed by atoms with Crippen LogP contribution < -0.4 is 5.32 Å². The van der Waals surface area contributed by atoms with E-state index in [1.54, 1.807) is 6.92 Å². The summed E-state index contributed by atoms with van der Waals surface area (Å²) in [5.41, 5.74) is 1.57. The molecular weight excluding hydrogens is 174 g/mol. The van der Waals surface area contributed by atoms with Gasteiger partial charge in [-0.1, -0.05) is 26.8 Å². The lowest BCUT2D eigenvalue weighted by molar-refractivity contribution is -0.118. The highest BCUT2D eigenvalue weighted by Crippen LogP contribution is 2.65. The number of amides is 1. The van der Waals surface area contributed by atoms with Gasteiger partial charge in [0.05, 0.1) is 0 Å². The highest BCUT2D eigenvalue weighted by molar-refractivity contribution is 5.75. The molecule has 1 N–H and O–H groups in total. The smallest absolute Gasteiger partial charge is 0.220 e. The molecule has 2 aliphatic rings. The Hall–Kier alpha value is -0.790. The van der Waals surface area contributed by atoms with Gasteiger partial charge in [0, 0.05) is 18.5 Å². The lowest BCUT2D eigenvalue weighted by atomic mass is 9.95. The Bertz CT molecular complexity index is 303. The van der Waals surface area contributed by atoms with E-state index in [4.69, 9.17) is 0 Å².